The average molecular weight is 329 g/mol. The fraction of sp³-hybridized carbons (Fsp3) is 0.538. The lowest BCUT2D eigenvalue weighted by atomic mass is 10.1. The van der Waals surface area contributed by atoms with Crippen LogP contribution in [0.25, 0.3) is 0 Å². The van der Waals surface area contributed by atoms with Gasteiger partial charge in [0.05, 0.1) is 24.2 Å². The first-order valence-electron chi connectivity index (χ1n) is 6.35. The maximum absolute atomic E-state index is 10.9. The van der Waals surface area contributed by atoms with Gasteiger partial charge in [-0.2, -0.15) is 0 Å². The Hall–Kier alpha value is -1.14. The van der Waals surface area contributed by atoms with Gasteiger partial charge in [0.25, 0.3) is 5.69 Å². The molecule has 1 atom stereocenters. The molecule has 0 spiro atoms. The predicted octanol–water partition coefficient (Wildman–Crippen LogP) is 3.10. The van der Waals surface area contributed by atoms with Crippen molar-refractivity contribution in [2.45, 2.75) is 24.7 Å². The fourth-order valence-corrected chi connectivity index (χ4v) is 2.82. The molecule has 6 heteroatoms. The van der Waals surface area contributed by atoms with Crippen molar-refractivity contribution in [2.75, 3.05) is 24.7 Å². The first-order chi connectivity index (χ1) is 9.17. The minimum Gasteiger partial charge on any atom is -0.377 e. The van der Waals surface area contributed by atoms with Gasteiger partial charge >= 0.3 is 0 Å². The maximum atomic E-state index is 10.9. The molecule has 0 bridgehead atoms. The highest BCUT2D eigenvalue weighted by Crippen LogP contribution is 2.29. The Kier molecular flexibility index (Phi) is 4.76. The molecule has 0 aromatic heterocycles. The minimum atomic E-state index is -0.336. The third-order valence-electron chi connectivity index (χ3n) is 3.43. The number of anilines is 1. The Morgan fingerprint density at radius 2 is 2.37 bits per heavy atom. The van der Waals surface area contributed by atoms with Crippen LogP contribution in [0.2, 0.25) is 0 Å². The fourth-order valence-electron chi connectivity index (χ4n) is 2.37. The summed E-state index contributed by atoms with van der Waals surface area (Å²) in [6, 6.07) is 5.67. The summed E-state index contributed by atoms with van der Waals surface area (Å²) in [7, 11) is 0. The topological polar surface area (TPSA) is 55.6 Å². The molecule has 1 aliphatic heterocycles. The number of nitrogens with zero attached hydrogens (tertiary/aromatic N) is 2. The van der Waals surface area contributed by atoms with Gasteiger partial charge in [-0.15, -0.1) is 0 Å². The Labute approximate surface area is 120 Å². The molecule has 0 N–H and O–H groups in total. The number of hydrogen-bond acceptors (Lipinski definition) is 4. The molecule has 1 aromatic carbocycles. The van der Waals surface area contributed by atoms with Crippen LogP contribution in [0.1, 0.15) is 18.9 Å². The van der Waals surface area contributed by atoms with Crippen LogP contribution >= 0.6 is 15.9 Å². The van der Waals surface area contributed by atoms with Gasteiger partial charge in [0, 0.05) is 29.2 Å². The molecule has 5 nitrogen and oxygen atoms in total. The number of benzene rings is 1. The Balaban J connectivity index is 2.31. The van der Waals surface area contributed by atoms with Crippen LogP contribution in [0, 0.1) is 10.1 Å². The summed E-state index contributed by atoms with van der Waals surface area (Å²) in [5.74, 6) is 0. The molecular weight excluding hydrogens is 312 g/mol. The first-order valence-corrected chi connectivity index (χ1v) is 7.47. The number of ether oxygens (including phenoxy) is 1. The lowest BCUT2D eigenvalue weighted by Crippen LogP contribution is -2.45. The molecule has 1 aromatic rings. The molecule has 2 rings (SSSR count). The summed E-state index contributed by atoms with van der Waals surface area (Å²) in [5.41, 5.74) is 1.92. The van der Waals surface area contributed by atoms with Gasteiger partial charge < -0.3 is 9.64 Å². The van der Waals surface area contributed by atoms with Crippen molar-refractivity contribution in [3.63, 3.8) is 0 Å². The van der Waals surface area contributed by atoms with Gasteiger partial charge in [0.15, 0.2) is 0 Å². The molecule has 1 fully saturated rings. The van der Waals surface area contributed by atoms with Crippen LogP contribution in [0.4, 0.5) is 11.4 Å². The zero-order valence-corrected chi connectivity index (χ0v) is 12.4. The largest absolute Gasteiger partial charge is 0.377 e. The molecule has 0 amide bonds. The Morgan fingerprint density at radius 1 is 1.58 bits per heavy atom. The lowest BCUT2D eigenvalue weighted by molar-refractivity contribution is -0.385. The Bertz CT molecular complexity index is 467. The third-order valence-corrected chi connectivity index (χ3v) is 4.04. The average Bonchev–Trinajstić information content (AvgIpc) is 2.46. The predicted molar refractivity (Wildman–Crippen MR) is 78.0 cm³/mol. The number of nitro benzene ring substituents is 1. The smallest absolute Gasteiger partial charge is 0.273 e. The van der Waals surface area contributed by atoms with Crippen LogP contribution < -0.4 is 4.90 Å². The van der Waals surface area contributed by atoms with E-state index in [-0.39, 0.29) is 10.6 Å². The standard InChI is InChI=1S/C13H17BrN2O3/c1-2-11-9-19-6-5-15(11)12-3-4-13(16(17)18)10(7-12)8-14/h3-4,7,11H,2,5-6,8-9H2,1H3. The molecule has 1 heterocycles. The second-order valence-corrected chi connectivity index (χ2v) is 5.09. The van der Waals surface area contributed by atoms with Crippen LogP contribution in [0.5, 0.6) is 0 Å². The zero-order valence-electron chi connectivity index (χ0n) is 10.8. The zero-order chi connectivity index (χ0) is 13.8. The van der Waals surface area contributed by atoms with Crippen molar-refractivity contribution in [3.05, 3.63) is 33.9 Å². The second kappa shape index (κ2) is 6.34. The Morgan fingerprint density at radius 3 is 3.00 bits per heavy atom. The molecule has 104 valence electrons. The summed E-state index contributed by atoms with van der Waals surface area (Å²) in [6.07, 6.45) is 1.00. The van der Waals surface area contributed by atoms with Crippen molar-refractivity contribution in [3.8, 4) is 0 Å². The van der Waals surface area contributed by atoms with Crippen molar-refractivity contribution in [1.82, 2.24) is 0 Å². The van der Waals surface area contributed by atoms with E-state index >= 15 is 0 Å². The minimum absolute atomic E-state index is 0.168. The molecule has 0 aliphatic carbocycles. The van der Waals surface area contributed by atoms with Crippen LogP contribution in [-0.2, 0) is 10.1 Å². The van der Waals surface area contributed by atoms with Crippen molar-refractivity contribution < 1.29 is 9.66 Å². The SMILES string of the molecule is CCC1COCCN1c1ccc([N+](=O)[O-])c(CBr)c1. The van der Waals surface area contributed by atoms with Gasteiger partial charge in [0.1, 0.15) is 0 Å². The van der Waals surface area contributed by atoms with Crippen LogP contribution in [-0.4, -0.2) is 30.7 Å². The highest BCUT2D eigenvalue weighted by molar-refractivity contribution is 9.08. The van der Waals surface area contributed by atoms with Crippen molar-refractivity contribution >= 4 is 27.3 Å². The van der Waals surface area contributed by atoms with E-state index in [4.69, 9.17) is 4.74 Å². The van der Waals surface area contributed by atoms with E-state index in [1.165, 1.54) is 0 Å². The molecule has 19 heavy (non-hydrogen) atoms. The van der Waals surface area contributed by atoms with E-state index < -0.39 is 0 Å². The van der Waals surface area contributed by atoms with Crippen LogP contribution in [0.3, 0.4) is 0 Å². The second-order valence-electron chi connectivity index (χ2n) is 4.53. The highest BCUT2D eigenvalue weighted by Gasteiger charge is 2.23. The van der Waals surface area contributed by atoms with E-state index in [1.807, 2.05) is 12.1 Å². The highest BCUT2D eigenvalue weighted by atomic mass is 79.9. The lowest BCUT2D eigenvalue weighted by Gasteiger charge is -2.37. The number of nitro groups is 1. The monoisotopic (exact) mass is 328 g/mol. The van der Waals surface area contributed by atoms with Gasteiger partial charge in [0.2, 0.25) is 0 Å². The molecule has 1 saturated heterocycles. The third kappa shape index (κ3) is 3.06. The number of alkyl halides is 1. The van der Waals surface area contributed by atoms with E-state index in [9.17, 15) is 10.1 Å². The van der Waals surface area contributed by atoms with E-state index in [2.05, 4.69) is 27.8 Å². The van der Waals surface area contributed by atoms with E-state index in [1.54, 1.807) is 6.07 Å². The maximum Gasteiger partial charge on any atom is 0.273 e. The van der Waals surface area contributed by atoms with Crippen molar-refractivity contribution in [1.29, 1.82) is 0 Å². The summed E-state index contributed by atoms with van der Waals surface area (Å²) in [4.78, 5) is 12.9. The van der Waals surface area contributed by atoms with E-state index in [0.29, 0.717) is 23.5 Å². The summed E-state index contributed by atoms with van der Waals surface area (Å²) in [6.45, 7) is 4.38. The molecule has 1 aliphatic rings. The summed E-state index contributed by atoms with van der Waals surface area (Å²) < 4.78 is 5.48. The van der Waals surface area contributed by atoms with Gasteiger partial charge in [-0.05, 0) is 18.6 Å². The quantitative estimate of drug-likeness (QED) is 0.484. The first kappa shape index (κ1) is 14.3. The van der Waals surface area contributed by atoms with Gasteiger partial charge in [-0.3, -0.25) is 10.1 Å². The summed E-state index contributed by atoms with van der Waals surface area (Å²) in [5, 5.41) is 11.4. The van der Waals surface area contributed by atoms with Gasteiger partial charge in [-0.25, -0.2) is 0 Å². The number of halogens is 1. The molecule has 1 unspecified atom stereocenters. The number of morpholine rings is 1. The molecule has 0 saturated carbocycles. The summed E-state index contributed by atoms with van der Waals surface area (Å²) >= 11 is 3.32. The van der Waals surface area contributed by atoms with E-state index in [0.717, 1.165) is 25.3 Å². The molecular formula is C13H17BrN2O3. The number of rotatable bonds is 4. The van der Waals surface area contributed by atoms with Crippen molar-refractivity contribution in [2.24, 2.45) is 0 Å². The molecule has 0 radical (unpaired) electrons. The normalized spacial score (nSPS) is 19.5. The van der Waals surface area contributed by atoms with Crippen LogP contribution in [0.15, 0.2) is 18.2 Å². The number of hydrogen-bond donors (Lipinski definition) is 0. The van der Waals surface area contributed by atoms with Gasteiger partial charge in [-0.1, -0.05) is 22.9 Å².